The van der Waals surface area contributed by atoms with Crippen LogP contribution in [0.25, 0.3) is 22.1 Å². The highest BCUT2D eigenvalue weighted by molar-refractivity contribution is 9.10. The highest BCUT2D eigenvalue weighted by Gasteiger charge is 2.28. The summed E-state index contributed by atoms with van der Waals surface area (Å²) in [5.74, 6) is -1.45. The van der Waals surface area contributed by atoms with Crippen molar-refractivity contribution < 1.29 is 28.2 Å². The molecule has 0 aliphatic rings. The van der Waals surface area contributed by atoms with Gasteiger partial charge in [0.15, 0.2) is 0 Å². The summed E-state index contributed by atoms with van der Waals surface area (Å²) in [6.07, 6.45) is -0.807. The van der Waals surface area contributed by atoms with Gasteiger partial charge in [-0.25, -0.2) is 18.9 Å². The van der Waals surface area contributed by atoms with Crippen molar-refractivity contribution in [2.75, 3.05) is 12.0 Å². The molecule has 0 bridgehead atoms. The van der Waals surface area contributed by atoms with Gasteiger partial charge in [-0.05, 0) is 63.5 Å². The van der Waals surface area contributed by atoms with Crippen LogP contribution in [0.4, 0.5) is 20.8 Å². The third-order valence-electron chi connectivity index (χ3n) is 4.70. The predicted molar refractivity (Wildman–Crippen MR) is 117 cm³/mol. The number of halogens is 2. The predicted octanol–water partition coefficient (Wildman–Crippen LogP) is 6.60. The molecule has 1 aromatic heterocycles. The second-order valence-electron chi connectivity index (χ2n) is 6.59. The zero-order chi connectivity index (χ0) is 22.1. The van der Waals surface area contributed by atoms with Gasteiger partial charge in [-0.15, -0.1) is 0 Å². The number of nitrogens with zero attached hydrogens (tertiary/aromatic N) is 1. The molecule has 156 valence electrons. The zero-order valence-corrected chi connectivity index (χ0v) is 17.7. The summed E-state index contributed by atoms with van der Waals surface area (Å²) < 4.78 is 24.3. The highest BCUT2D eigenvalue weighted by atomic mass is 79.9. The molecule has 1 amide bonds. The lowest BCUT2D eigenvalue weighted by Crippen LogP contribution is -2.27. The summed E-state index contributed by atoms with van der Waals surface area (Å²) in [4.78, 5) is 25.5. The van der Waals surface area contributed by atoms with E-state index in [-0.39, 0.29) is 23.0 Å². The van der Waals surface area contributed by atoms with E-state index in [2.05, 4.69) is 15.9 Å². The maximum Gasteiger partial charge on any atom is 0.421 e. The molecular weight excluding hydrogens is 469 g/mol. The van der Waals surface area contributed by atoms with Crippen LogP contribution in [0.5, 0.6) is 0 Å². The number of fused-ring (bicyclic) bond motifs is 1. The van der Waals surface area contributed by atoms with Gasteiger partial charge in [-0.2, -0.15) is 0 Å². The number of hydrogen-bond donors (Lipinski definition) is 1. The van der Waals surface area contributed by atoms with E-state index in [1.54, 1.807) is 36.4 Å². The van der Waals surface area contributed by atoms with Crippen LogP contribution in [0.2, 0.25) is 0 Å². The van der Waals surface area contributed by atoms with Crippen LogP contribution in [-0.4, -0.2) is 24.3 Å². The lowest BCUT2D eigenvalue weighted by atomic mass is 10.0. The van der Waals surface area contributed by atoms with Gasteiger partial charge in [-0.3, -0.25) is 0 Å². The Morgan fingerprint density at radius 1 is 1.03 bits per heavy atom. The second-order valence-corrected chi connectivity index (χ2v) is 7.44. The number of aromatic carboxylic acids is 1. The van der Waals surface area contributed by atoms with E-state index < -0.39 is 12.1 Å². The second kappa shape index (κ2) is 8.23. The normalized spacial score (nSPS) is 10.8. The maximum atomic E-state index is 13.2. The van der Waals surface area contributed by atoms with Crippen molar-refractivity contribution in [3.05, 3.63) is 82.6 Å². The van der Waals surface area contributed by atoms with Crippen LogP contribution in [0, 0.1) is 5.82 Å². The minimum absolute atomic E-state index is 0.0894. The maximum absolute atomic E-state index is 13.2. The number of carbonyl (C=O) groups excluding carboxylic acids is 1. The first-order valence-corrected chi connectivity index (χ1v) is 9.88. The summed E-state index contributed by atoms with van der Waals surface area (Å²) in [5, 5.41) is 10.3. The summed E-state index contributed by atoms with van der Waals surface area (Å²) in [5.41, 5.74) is 2.11. The average Bonchev–Trinajstić information content (AvgIpc) is 3.16. The van der Waals surface area contributed by atoms with E-state index in [0.717, 1.165) is 16.0 Å². The minimum Gasteiger partial charge on any atom is -0.478 e. The smallest absolute Gasteiger partial charge is 0.421 e. The molecule has 31 heavy (non-hydrogen) atoms. The molecule has 0 unspecified atom stereocenters. The quantitative estimate of drug-likeness (QED) is 0.353. The largest absolute Gasteiger partial charge is 0.478 e. The Labute approximate surface area is 184 Å². The fourth-order valence-corrected chi connectivity index (χ4v) is 3.80. The van der Waals surface area contributed by atoms with Crippen LogP contribution in [0.1, 0.15) is 10.4 Å². The molecule has 0 radical (unpaired) electrons. The summed E-state index contributed by atoms with van der Waals surface area (Å²) in [6.45, 7) is 0. The van der Waals surface area contributed by atoms with Gasteiger partial charge in [-0.1, -0.05) is 24.3 Å². The van der Waals surface area contributed by atoms with Gasteiger partial charge in [0.25, 0.3) is 0 Å². The summed E-state index contributed by atoms with van der Waals surface area (Å²) in [6, 6.07) is 17.7. The number of carboxylic acids is 1. The number of furan rings is 1. The SMILES string of the molecule is COC(=O)N(c1cc2cc(-c3ccc(F)cc3)ccc2o1)c1cccc(Br)c1C(=O)O. The monoisotopic (exact) mass is 483 g/mol. The van der Waals surface area contributed by atoms with Crippen molar-refractivity contribution in [2.24, 2.45) is 0 Å². The number of rotatable bonds is 4. The first-order valence-electron chi connectivity index (χ1n) is 9.08. The molecule has 6 nitrogen and oxygen atoms in total. The number of anilines is 2. The van der Waals surface area contributed by atoms with Crippen molar-refractivity contribution in [2.45, 2.75) is 0 Å². The van der Waals surface area contributed by atoms with Crippen molar-refractivity contribution in [1.29, 1.82) is 0 Å². The Morgan fingerprint density at radius 3 is 2.42 bits per heavy atom. The van der Waals surface area contributed by atoms with E-state index in [1.165, 1.54) is 25.3 Å². The standard InChI is InChI=1S/C23H15BrFNO5/c1-30-23(29)26(18-4-2-3-17(24)21(18)22(27)28)20-12-15-11-14(7-10-19(15)31-20)13-5-8-16(25)9-6-13/h2-12H,1H3,(H,27,28). The van der Waals surface area contributed by atoms with Crippen LogP contribution in [0.3, 0.4) is 0 Å². The third-order valence-corrected chi connectivity index (χ3v) is 5.37. The molecule has 0 spiro atoms. The molecule has 1 N–H and O–H groups in total. The molecule has 3 aromatic carbocycles. The van der Waals surface area contributed by atoms with E-state index in [4.69, 9.17) is 9.15 Å². The van der Waals surface area contributed by atoms with Crippen LogP contribution in [0.15, 0.2) is 75.6 Å². The number of amides is 1. The molecule has 0 aliphatic heterocycles. The molecule has 4 aromatic rings. The van der Waals surface area contributed by atoms with Crippen molar-refractivity contribution in [3.8, 4) is 11.1 Å². The Hall–Kier alpha value is -3.65. The Balaban J connectivity index is 1.84. The average molecular weight is 484 g/mol. The van der Waals surface area contributed by atoms with Gasteiger partial charge in [0.2, 0.25) is 5.88 Å². The first kappa shape index (κ1) is 20.6. The number of carboxylic acid groups (broad SMARTS) is 1. The van der Waals surface area contributed by atoms with Gasteiger partial charge >= 0.3 is 12.1 Å². The molecule has 0 aliphatic carbocycles. The van der Waals surface area contributed by atoms with Gasteiger partial charge in [0.05, 0.1) is 18.4 Å². The van der Waals surface area contributed by atoms with E-state index >= 15 is 0 Å². The van der Waals surface area contributed by atoms with Gasteiger partial charge in [0, 0.05) is 15.9 Å². The van der Waals surface area contributed by atoms with Crippen LogP contribution in [-0.2, 0) is 4.74 Å². The summed E-state index contributed by atoms with van der Waals surface area (Å²) >= 11 is 3.22. The molecule has 4 rings (SSSR count). The number of hydrogen-bond acceptors (Lipinski definition) is 4. The fraction of sp³-hybridized carbons (Fsp3) is 0.0435. The fourth-order valence-electron chi connectivity index (χ4n) is 3.27. The molecule has 8 heteroatoms. The van der Waals surface area contributed by atoms with E-state index in [0.29, 0.717) is 15.4 Å². The molecule has 1 heterocycles. The van der Waals surface area contributed by atoms with Crippen molar-refractivity contribution in [3.63, 3.8) is 0 Å². The molecule has 0 saturated heterocycles. The minimum atomic E-state index is -1.22. The van der Waals surface area contributed by atoms with Gasteiger partial charge < -0.3 is 14.3 Å². The topological polar surface area (TPSA) is 80.0 Å². The van der Waals surface area contributed by atoms with Crippen LogP contribution < -0.4 is 4.90 Å². The number of benzene rings is 3. The lowest BCUT2D eigenvalue weighted by Gasteiger charge is -2.20. The van der Waals surface area contributed by atoms with Crippen molar-refractivity contribution >= 4 is 50.5 Å². The van der Waals surface area contributed by atoms with Gasteiger partial charge in [0.1, 0.15) is 11.4 Å². The zero-order valence-electron chi connectivity index (χ0n) is 16.1. The highest BCUT2D eigenvalue weighted by Crippen LogP contribution is 2.37. The number of carbonyl (C=O) groups is 2. The summed E-state index contributed by atoms with van der Waals surface area (Å²) in [7, 11) is 1.20. The Kier molecular flexibility index (Phi) is 5.48. The Morgan fingerprint density at radius 2 is 1.74 bits per heavy atom. The van der Waals surface area contributed by atoms with Crippen molar-refractivity contribution in [1.82, 2.24) is 0 Å². The van der Waals surface area contributed by atoms with Crippen LogP contribution >= 0.6 is 15.9 Å². The molecule has 0 fully saturated rings. The first-order chi connectivity index (χ1) is 14.9. The lowest BCUT2D eigenvalue weighted by molar-refractivity contribution is 0.0697. The molecule has 0 saturated carbocycles. The molecular formula is C23H15BrFNO5. The number of ether oxygens (including phenoxy) is 1. The number of methoxy groups -OCH3 is 1. The van der Waals surface area contributed by atoms with E-state index in [9.17, 15) is 19.1 Å². The Bertz CT molecular complexity index is 1300. The molecule has 0 atom stereocenters. The third kappa shape index (κ3) is 3.89. The van der Waals surface area contributed by atoms with E-state index in [1.807, 2.05) is 12.1 Å².